The predicted molar refractivity (Wildman–Crippen MR) is 75.9 cm³/mol. The van der Waals surface area contributed by atoms with Crippen LogP contribution in [0.3, 0.4) is 0 Å². The number of rotatable bonds is 2. The molecule has 1 heterocycles. The van der Waals surface area contributed by atoms with Crippen LogP contribution in [0.15, 0.2) is 57.6 Å². The number of nitrogens with zero attached hydrogens (tertiary/aromatic N) is 6. The summed E-state index contributed by atoms with van der Waals surface area (Å²) in [5.41, 5.74) is 15.0. The fourth-order valence-corrected chi connectivity index (χ4v) is 1.07. The van der Waals surface area contributed by atoms with Crippen molar-refractivity contribution in [3.63, 3.8) is 0 Å². The van der Waals surface area contributed by atoms with Crippen LogP contribution in [0.5, 0.6) is 0 Å². The molecule has 114 valence electrons. The maximum Gasteiger partial charge on any atom is 0.321 e. The van der Waals surface area contributed by atoms with Crippen molar-refractivity contribution >= 4 is 22.0 Å². The fraction of sp³-hybridized carbons (Fsp3) is 0. The van der Waals surface area contributed by atoms with Crippen LogP contribution < -0.4 is 5.32 Å². The fourth-order valence-electron chi connectivity index (χ4n) is 0.850. The lowest BCUT2D eigenvalue weighted by Crippen LogP contribution is -2.19. The van der Waals surface area contributed by atoms with E-state index in [0.29, 0.717) is 0 Å². The van der Waals surface area contributed by atoms with Gasteiger partial charge in [-0.25, -0.2) is 8.42 Å². The van der Waals surface area contributed by atoms with Crippen LogP contribution in [0.4, 0.5) is 0 Å². The lowest BCUT2D eigenvalue weighted by molar-refractivity contribution is -0.123. The molecule has 0 saturated carbocycles. The molecule has 1 aromatic rings. The molecule has 2 rings (SSSR count). The van der Waals surface area contributed by atoms with E-state index in [-0.39, 0.29) is 11.8 Å². The molecule has 2 amide bonds. The second-order valence-corrected chi connectivity index (χ2v) is 4.35. The Bertz CT molecular complexity index is 665. The number of amides is 2. The molecule has 0 bridgehead atoms. The SMILES string of the molecule is O=C1C=CC(=O)N1.[N-]=[N+]=NS(=O)(=O)N=[N+]=[N-].c1ccccc1. The molecule has 0 radical (unpaired) electrons. The van der Waals surface area contributed by atoms with E-state index in [1.807, 2.05) is 51.5 Å². The number of nitrogens with one attached hydrogen (secondary N) is 1. The topological polar surface area (TPSA) is 178 Å². The van der Waals surface area contributed by atoms with Gasteiger partial charge in [-0.1, -0.05) is 36.4 Å². The molecule has 1 aliphatic rings. The van der Waals surface area contributed by atoms with Crippen molar-refractivity contribution in [2.24, 2.45) is 9.04 Å². The summed E-state index contributed by atoms with van der Waals surface area (Å²) < 4.78 is 24.3. The number of hydrogen-bond donors (Lipinski definition) is 1. The van der Waals surface area contributed by atoms with Gasteiger partial charge >= 0.3 is 10.2 Å². The highest BCUT2D eigenvalue weighted by Gasteiger charge is 2.06. The number of carbonyl (C=O) groups excluding carboxylic acids is 2. The zero-order chi connectivity index (χ0) is 16.8. The molecule has 1 aromatic carbocycles. The second-order valence-electron chi connectivity index (χ2n) is 3.13. The van der Waals surface area contributed by atoms with E-state index in [9.17, 15) is 18.0 Å². The van der Waals surface area contributed by atoms with Gasteiger partial charge in [0.05, 0.1) is 0 Å². The molecule has 1 N–H and O–H groups in total. The molecule has 0 spiro atoms. The summed E-state index contributed by atoms with van der Waals surface area (Å²) in [5.74, 6) is -0.657. The van der Waals surface area contributed by atoms with Crippen LogP contribution in [-0.4, -0.2) is 20.2 Å². The summed E-state index contributed by atoms with van der Waals surface area (Å²) in [5, 5.41) is 2.03. The maximum atomic E-state index is 10.0. The van der Waals surface area contributed by atoms with E-state index in [1.54, 1.807) is 0 Å². The highest BCUT2D eigenvalue weighted by Crippen LogP contribution is 1.92. The Labute approximate surface area is 124 Å². The molecule has 0 saturated heterocycles. The number of azide groups is 1. The summed E-state index contributed by atoms with van der Waals surface area (Å²) in [6.45, 7) is 0. The smallest absolute Gasteiger partial charge is 0.289 e. The standard InChI is InChI=1S/C6H6.C4H3NO2.N6O2S/c1-2-4-6-5-3-1;6-3-1-2-4(7)5-3;1-3-5-9(7,8)6-4-2/h1-6H;1-2H,(H,5,6,7);. The van der Waals surface area contributed by atoms with Gasteiger partial charge in [-0.15, -0.1) is 0 Å². The van der Waals surface area contributed by atoms with Crippen molar-refractivity contribution in [1.29, 1.82) is 0 Å². The Morgan fingerprint density at radius 3 is 1.32 bits per heavy atom. The molecule has 0 unspecified atom stereocenters. The monoisotopic (exact) mass is 323 g/mol. The average Bonchev–Trinajstić information content (AvgIpc) is 2.85. The quantitative estimate of drug-likeness (QED) is 0.377. The van der Waals surface area contributed by atoms with Gasteiger partial charge in [-0.3, -0.25) is 14.9 Å². The number of imide groups is 1. The number of benzene rings is 1. The van der Waals surface area contributed by atoms with Crippen molar-refractivity contribution in [2.45, 2.75) is 0 Å². The molecule has 1 aliphatic heterocycles. The largest absolute Gasteiger partial charge is 0.321 e. The van der Waals surface area contributed by atoms with E-state index < -0.39 is 10.2 Å². The Hall–Kier alpha value is -3.33. The molecule has 11 nitrogen and oxygen atoms in total. The maximum absolute atomic E-state index is 10.0. The Balaban J connectivity index is 0.000000306. The summed E-state index contributed by atoms with van der Waals surface area (Å²) >= 11 is 0. The van der Waals surface area contributed by atoms with Crippen molar-refractivity contribution in [2.75, 3.05) is 0 Å². The first-order valence-corrected chi connectivity index (χ1v) is 6.71. The number of carbonyl (C=O) groups is 2. The van der Waals surface area contributed by atoms with Crippen molar-refractivity contribution in [3.05, 3.63) is 69.4 Å². The molecule has 0 atom stereocenters. The van der Waals surface area contributed by atoms with Crippen LogP contribution >= 0.6 is 0 Å². The predicted octanol–water partition coefficient (Wildman–Crippen LogP) is 1.74. The summed E-state index contributed by atoms with van der Waals surface area (Å²) in [6, 6.07) is 12.0. The van der Waals surface area contributed by atoms with Crippen LogP contribution in [-0.2, 0) is 19.8 Å². The van der Waals surface area contributed by atoms with Crippen LogP contribution in [0.2, 0.25) is 0 Å². The first-order chi connectivity index (χ1) is 10.4. The van der Waals surface area contributed by atoms with E-state index in [1.165, 1.54) is 12.2 Å². The molecular weight excluding hydrogens is 314 g/mol. The number of hydrogen-bond acceptors (Lipinski definition) is 4. The van der Waals surface area contributed by atoms with Gasteiger partial charge in [0.2, 0.25) is 0 Å². The lowest BCUT2D eigenvalue weighted by Gasteiger charge is -1.80. The minimum absolute atomic E-state index is 0.329. The van der Waals surface area contributed by atoms with Crippen molar-refractivity contribution in [3.8, 4) is 0 Å². The molecule has 22 heavy (non-hydrogen) atoms. The Morgan fingerprint density at radius 1 is 0.818 bits per heavy atom. The highest BCUT2D eigenvalue weighted by molar-refractivity contribution is 7.88. The third kappa shape index (κ3) is 10.6. The van der Waals surface area contributed by atoms with Gasteiger partial charge in [-0.2, -0.15) is 0 Å². The van der Waals surface area contributed by atoms with Gasteiger partial charge < -0.3 is 0 Å². The van der Waals surface area contributed by atoms with Crippen LogP contribution in [0.1, 0.15) is 0 Å². The van der Waals surface area contributed by atoms with Gasteiger partial charge in [0.15, 0.2) is 0 Å². The molecule has 0 fully saturated rings. The molecule has 0 aliphatic carbocycles. The Kier molecular flexibility index (Phi) is 8.87. The van der Waals surface area contributed by atoms with E-state index in [4.69, 9.17) is 11.1 Å². The first-order valence-electron chi connectivity index (χ1n) is 5.32. The van der Waals surface area contributed by atoms with Gasteiger partial charge in [0, 0.05) is 31.0 Å². The van der Waals surface area contributed by atoms with Gasteiger partial charge in [-0.05, 0) is 11.1 Å². The van der Waals surface area contributed by atoms with Gasteiger partial charge in [0.25, 0.3) is 11.8 Å². The van der Waals surface area contributed by atoms with E-state index in [0.717, 1.165) is 0 Å². The van der Waals surface area contributed by atoms with Gasteiger partial charge in [0.1, 0.15) is 0 Å². The zero-order valence-corrected chi connectivity index (χ0v) is 11.7. The minimum Gasteiger partial charge on any atom is -0.289 e. The highest BCUT2D eigenvalue weighted by atomic mass is 32.2. The molecule has 0 aromatic heterocycles. The van der Waals surface area contributed by atoms with E-state index >= 15 is 0 Å². The van der Waals surface area contributed by atoms with Crippen LogP contribution in [0, 0.1) is 0 Å². The van der Waals surface area contributed by atoms with Crippen molar-refractivity contribution < 1.29 is 18.0 Å². The molecule has 12 heteroatoms. The normalized spacial score (nSPS) is 11.5. The van der Waals surface area contributed by atoms with Crippen LogP contribution in [0.25, 0.3) is 20.9 Å². The zero-order valence-electron chi connectivity index (χ0n) is 10.8. The summed E-state index contributed by atoms with van der Waals surface area (Å²) in [6.07, 6.45) is 2.39. The third-order valence-corrected chi connectivity index (χ3v) is 2.14. The van der Waals surface area contributed by atoms with Crippen molar-refractivity contribution in [1.82, 2.24) is 5.32 Å². The third-order valence-electron chi connectivity index (χ3n) is 1.58. The summed E-state index contributed by atoms with van der Waals surface area (Å²) in [7, 11) is -4.27. The molecular formula is C10H9N7O4S. The first kappa shape index (κ1) is 18.7. The average molecular weight is 323 g/mol. The summed E-state index contributed by atoms with van der Waals surface area (Å²) in [4.78, 5) is 23.9. The van der Waals surface area contributed by atoms with E-state index in [2.05, 4.69) is 9.04 Å². The minimum atomic E-state index is -4.27. The second kappa shape index (κ2) is 10.5. The lowest BCUT2D eigenvalue weighted by atomic mass is 10.4. The Morgan fingerprint density at radius 2 is 1.14 bits per heavy atom.